The molecule has 0 bridgehead atoms. The maximum Gasteiger partial charge on any atom is 0.141 e. The number of benzene rings is 1. The molecule has 1 N–H and O–H groups in total. The quantitative estimate of drug-likeness (QED) is 0.919. The van der Waals surface area contributed by atoms with Crippen LogP contribution in [0.5, 0.6) is 0 Å². The Morgan fingerprint density at radius 1 is 1.58 bits per heavy atom. The van der Waals surface area contributed by atoms with Gasteiger partial charge in [-0.05, 0) is 31.7 Å². The number of ether oxygens (including phenoxy) is 1. The van der Waals surface area contributed by atoms with Gasteiger partial charge in [-0.2, -0.15) is 0 Å². The lowest BCUT2D eigenvalue weighted by molar-refractivity contribution is -0.0356. The summed E-state index contributed by atoms with van der Waals surface area (Å²) in [5, 5.41) is 3.57. The van der Waals surface area contributed by atoms with E-state index in [0.29, 0.717) is 6.54 Å². The van der Waals surface area contributed by atoms with E-state index in [2.05, 4.69) is 24.2 Å². The highest BCUT2D eigenvalue weighted by Gasteiger charge is 2.23. The number of halogens is 2. The first-order chi connectivity index (χ1) is 9.06. The predicted molar refractivity (Wildman–Crippen MR) is 74.9 cm³/mol. The van der Waals surface area contributed by atoms with E-state index in [1.807, 2.05) is 0 Å². The molecule has 2 atom stereocenters. The van der Waals surface area contributed by atoms with Crippen LogP contribution >= 0.6 is 11.6 Å². The number of morpholine rings is 1. The van der Waals surface area contributed by atoms with E-state index in [4.69, 9.17) is 16.3 Å². The van der Waals surface area contributed by atoms with Gasteiger partial charge in [0.15, 0.2) is 0 Å². The number of nitrogens with zero attached hydrogens (tertiary/aromatic N) is 1. The van der Waals surface area contributed by atoms with Gasteiger partial charge in [0.1, 0.15) is 5.82 Å². The largest absolute Gasteiger partial charge is 0.374 e. The summed E-state index contributed by atoms with van der Waals surface area (Å²) < 4.78 is 18.8. The van der Waals surface area contributed by atoms with E-state index in [9.17, 15) is 4.39 Å². The summed E-state index contributed by atoms with van der Waals surface area (Å²) in [6.07, 6.45) is 0.190. The maximum atomic E-state index is 13.1. The summed E-state index contributed by atoms with van der Waals surface area (Å²) in [5.74, 6) is -0.379. The standard InChI is InChI=1S/C14H20ClFN2O/c1-10(14-9-18(2)5-6-19-14)17-8-11-3-4-13(16)12(15)7-11/h3-4,7,10,14,17H,5-6,8-9H2,1-2H3/t10-,14-/m0/s1. The van der Waals surface area contributed by atoms with Gasteiger partial charge in [0.2, 0.25) is 0 Å². The zero-order chi connectivity index (χ0) is 13.8. The number of rotatable bonds is 4. The van der Waals surface area contributed by atoms with Crippen LogP contribution in [0.1, 0.15) is 12.5 Å². The molecular formula is C14H20ClFN2O. The minimum atomic E-state index is -0.379. The first-order valence-electron chi connectivity index (χ1n) is 6.53. The van der Waals surface area contributed by atoms with Gasteiger partial charge < -0.3 is 15.0 Å². The lowest BCUT2D eigenvalue weighted by atomic mass is 10.1. The topological polar surface area (TPSA) is 24.5 Å². The Balaban J connectivity index is 1.85. The van der Waals surface area contributed by atoms with Crippen molar-refractivity contribution >= 4 is 11.6 Å². The summed E-state index contributed by atoms with van der Waals surface area (Å²) in [7, 11) is 2.10. The van der Waals surface area contributed by atoms with Crippen LogP contribution < -0.4 is 5.32 Å². The molecule has 2 rings (SSSR count). The van der Waals surface area contributed by atoms with Crippen molar-refractivity contribution in [1.82, 2.24) is 10.2 Å². The molecule has 0 aromatic heterocycles. The molecule has 1 aliphatic heterocycles. The monoisotopic (exact) mass is 286 g/mol. The Morgan fingerprint density at radius 2 is 2.37 bits per heavy atom. The summed E-state index contributed by atoms with van der Waals surface area (Å²) in [5.41, 5.74) is 0.974. The molecular weight excluding hydrogens is 267 g/mol. The Kier molecular flexibility index (Phi) is 5.16. The van der Waals surface area contributed by atoms with Crippen molar-refractivity contribution in [2.24, 2.45) is 0 Å². The van der Waals surface area contributed by atoms with Crippen molar-refractivity contribution in [3.8, 4) is 0 Å². The molecule has 1 aromatic carbocycles. The van der Waals surface area contributed by atoms with Crippen LogP contribution in [0.2, 0.25) is 5.02 Å². The van der Waals surface area contributed by atoms with Crippen LogP contribution in [0.15, 0.2) is 18.2 Å². The number of nitrogens with one attached hydrogen (secondary N) is 1. The van der Waals surface area contributed by atoms with E-state index in [1.165, 1.54) is 6.07 Å². The van der Waals surface area contributed by atoms with Gasteiger partial charge >= 0.3 is 0 Å². The molecule has 0 amide bonds. The van der Waals surface area contributed by atoms with Crippen LogP contribution in [-0.4, -0.2) is 43.8 Å². The van der Waals surface area contributed by atoms with Crippen molar-refractivity contribution in [1.29, 1.82) is 0 Å². The zero-order valence-electron chi connectivity index (χ0n) is 11.3. The fraction of sp³-hybridized carbons (Fsp3) is 0.571. The van der Waals surface area contributed by atoms with Crippen LogP contribution in [0.4, 0.5) is 4.39 Å². The molecule has 19 heavy (non-hydrogen) atoms. The molecule has 0 spiro atoms. The van der Waals surface area contributed by atoms with E-state index in [1.54, 1.807) is 12.1 Å². The normalized spacial score (nSPS) is 22.4. The SMILES string of the molecule is C[C@H](NCc1ccc(F)c(Cl)c1)[C@@H]1CN(C)CCO1. The number of hydrogen-bond acceptors (Lipinski definition) is 3. The van der Waals surface area contributed by atoms with Gasteiger partial charge in [0.25, 0.3) is 0 Å². The average molecular weight is 287 g/mol. The Morgan fingerprint density at radius 3 is 3.05 bits per heavy atom. The minimum absolute atomic E-state index is 0.167. The molecule has 0 radical (unpaired) electrons. The van der Waals surface area contributed by atoms with Crippen molar-refractivity contribution < 1.29 is 9.13 Å². The van der Waals surface area contributed by atoms with E-state index in [-0.39, 0.29) is 23.0 Å². The molecule has 1 aromatic rings. The molecule has 1 aliphatic rings. The predicted octanol–water partition coefficient (Wildman–Crippen LogP) is 2.29. The van der Waals surface area contributed by atoms with Crippen LogP contribution in [0.25, 0.3) is 0 Å². The molecule has 0 aliphatic carbocycles. The van der Waals surface area contributed by atoms with Crippen molar-refractivity contribution in [3.05, 3.63) is 34.6 Å². The summed E-state index contributed by atoms with van der Waals surface area (Å²) in [4.78, 5) is 2.26. The third-order valence-electron chi connectivity index (χ3n) is 3.47. The van der Waals surface area contributed by atoms with Gasteiger partial charge in [0, 0.05) is 25.7 Å². The van der Waals surface area contributed by atoms with Crippen molar-refractivity contribution in [2.45, 2.75) is 25.6 Å². The van der Waals surface area contributed by atoms with Gasteiger partial charge in [-0.15, -0.1) is 0 Å². The molecule has 1 saturated heterocycles. The van der Waals surface area contributed by atoms with E-state index >= 15 is 0 Å². The van der Waals surface area contributed by atoms with Gasteiger partial charge in [-0.25, -0.2) is 4.39 Å². The highest BCUT2D eigenvalue weighted by Crippen LogP contribution is 2.16. The molecule has 106 valence electrons. The van der Waals surface area contributed by atoms with E-state index < -0.39 is 0 Å². The molecule has 1 heterocycles. The average Bonchev–Trinajstić information content (AvgIpc) is 2.40. The van der Waals surface area contributed by atoms with Gasteiger partial charge in [-0.1, -0.05) is 17.7 Å². The second-order valence-corrected chi connectivity index (χ2v) is 5.50. The van der Waals surface area contributed by atoms with Crippen molar-refractivity contribution in [2.75, 3.05) is 26.7 Å². The zero-order valence-corrected chi connectivity index (χ0v) is 12.1. The molecule has 0 unspecified atom stereocenters. The summed E-state index contributed by atoms with van der Waals surface area (Å²) in [6, 6.07) is 5.04. The van der Waals surface area contributed by atoms with Gasteiger partial charge in [-0.3, -0.25) is 0 Å². The third-order valence-corrected chi connectivity index (χ3v) is 3.76. The van der Waals surface area contributed by atoms with E-state index in [0.717, 1.165) is 25.3 Å². The number of hydrogen-bond donors (Lipinski definition) is 1. The molecule has 1 fully saturated rings. The highest BCUT2D eigenvalue weighted by molar-refractivity contribution is 6.30. The molecule has 5 heteroatoms. The van der Waals surface area contributed by atoms with Crippen LogP contribution in [0, 0.1) is 5.82 Å². The third kappa shape index (κ3) is 4.14. The first-order valence-corrected chi connectivity index (χ1v) is 6.91. The Labute approximate surface area is 118 Å². The first kappa shape index (κ1) is 14.7. The smallest absolute Gasteiger partial charge is 0.141 e. The van der Waals surface area contributed by atoms with Crippen LogP contribution in [0.3, 0.4) is 0 Å². The van der Waals surface area contributed by atoms with Crippen molar-refractivity contribution in [3.63, 3.8) is 0 Å². The second-order valence-electron chi connectivity index (χ2n) is 5.09. The summed E-state index contributed by atoms with van der Waals surface area (Å²) in [6.45, 7) is 5.45. The Hall–Kier alpha value is -0.680. The van der Waals surface area contributed by atoms with Crippen LogP contribution in [-0.2, 0) is 11.3 Å². The fourth-order valence-electron chi connectivity index (χ4n) is 2.17. The fourth-order valence-corrected chi connectivity index (χ4v) is 2.38. The minimum Gasteiger partial charge on any atom is -0.374 e. The Bertz CT molecular complexity index is 430. The molecule has 3 nitrogen and oxygen atoms in total. The van der Waals surface area contributed by atoms with Gasteiger partial charge in [0.05, 0.1) is 17.7 Å². The summed E-state index contributed by atoms with van der Waals surface area (Å²) >= 11 is 5.76. The number of likely N-dealkylation sites (N-methyl/N-ethyl adjacent to an activating group) is 1. The lowest BCUT2D eigenvalue weighted by Crippen LogP contribution is -2.49. The molecule has 0 saturated carbocycles. The lowest BCUT2D eigenvalue weighted by Gasteiger charge is -2.34. The second kappa shape index (κ2) is 6.66. The highest BCUT2D eigenvalue weighted by atomic mass is 35.5. The maximum absolute atomic E-state index is 13.1.